The largest absolute Gasteiger partial charge is 0.396 e. The van der Waals surface area contributed by atoms with Gasteiger partial charge in [-0.3, -0.25) is 4.79 Å². The van der Waals surface area contributed by atoms with Gasteiger partial charge in [0.25, 0.3) is 0 Å². The van der Waals surface area contributed by atoms with E-state index in [1.807, 2.05) is 19.1 Å². The third-order valence-electron chi connectivity index (χ3n) is 4.98. The van der Waals surface area contributed by atoms with E-state index in [1.165, 1.54) is 49.9 Å². The van der Waals surface area contributed by atoms with Gasteiger partial charge in [0.2, 0.25) is 0 Å². The molecule has 23 heavy (non-hydrogen) atoms. The molecule has 4 heteroatoms. The Hall–Kier alpha value is -0.710. The highest BCUT2D eigenvalue weighted by molar-refractivity contribution is 7.14. The van der Waals surface area contributed by atoms with Crippen molar-refractivity contribution in [2.24, 2.45) is 17.6 Å². The number of carbonyl (C=O) groups excluding carboxylic acids is 1. The standard InChI is InChI=1S/C19H31NO2S/c1-14(13-21)12-16(20)18-10-11-19(23-18)17(22)9-5-8-15-6-3-2-4-7-15/h10-11,14-16,21H,2-9,12-13,20H2,1H3/t14-,16?/m1/s1. The van der Waals surface area contributed by atoms with Crippen LogP contribution in [0.25, 0.3) is 0 Å². The van der Waals surface area contributed by atoms with E-state index in [2.05, 4.69) is 0 Å². The van der Waals surface area contributed by atoms with Crippen molar-refractivity contribution in [2.75, 3.05) is 6.61 Å². The lowest BCUT2D eigenvalue weighted by atomic mass is 9.85. The normalized spacial score (nSPS) is 18.7. The summed E-state index contributed by atoms with van der Waals surface area (Å²) < 4.78 is 0. The van der Waals surface area contributed by atoms with Crippen LogP contribution in [0, 0.1) is 11.8 Å². The van der Waals surface area contributed by atoms with Crippen molar-refractivity contribution in [1.29, 1.82) is 0 Å². The Morgan fingerprint density at radius 2 is 2.09 bits per heavy atom. The van der Waals surface area contributed by atoms with Crippen LogP contribution in [0.15, 0.2) is 12.1 Å². The summed E-state index contributed by atoms with van der Waals surface area (Å²) in [7, 11) is 0. The Kier molecular flexibility index (Phi) is 7.74. The highest BCUT2D eigenvalue weighted by atomic mass is 32.1. The first-order chi connectivity index (χ1) is 11.1. The molecule has 1 fully saturated rings. The van der Waals surface area contributed by atoms with Crippen LogP contribution in [0.1, 0.15) is 85.3 Å². The molecular formula is C19H31NO2S. The maximum absolute atomic E-state index is 12.3. The molecule has 3 nitrogen and oxygen atoms in total. The van der Waals surface area contributed by atoms with E-state index in [1.54, 1.807) is 0 Å². The van der Waals surface area contributed by atoms with Crippen LogP contribution in [-0.2, 0) is 0 Å². The van der Waals surface area contributed by atoms with Crippen LogP contribution in [0.5, 0.6) is 0 Å². The molecule has 0 aromatic carbocycles. The second kappa shape index (κ2) is 9.55. The van der Waals surface area contributed by atoms with E-state index in [4.69, 9.17) is 10.8 Å². The van der Waals surface area contributed by atoms with Crippen molar-refractivity contribution in [3.63, 3.8) is 0 Å². The highest BCUT2D eigenvalue weighted by Gasteiger charge is 2.17. The Morgan fingerprint density at radius 1 is 1.35 bits per heavy atom. The zero-order valence-electron chi connectivity index (χ0n) is 14.3. The molecule has 1 aliphatic carbocycles. The SMILES string of the molecule is C[C@@H](CO)CC(N)c1ccc(C(=O)CCCC2CCCCC2)s1. The number of rotatable bonds is 9. The van der Waals surface area contributed by atoms with Gasteiger partial charge in [0.1, 0.15) is 0 Å². The number of thiophene rings is 1. The lowest BCUT2D eigenvalue weighted by Gasteiger charge is -2.20. The fraction of sp³-hybridized carbons (Fsp3) is 0.737. The van der Waals surface area contributed by atoms with Crippen molar-refractivity contribution in [2.45, 2.75) is 70.8 Å². The lowest BCUT2D eigenvalue weighted by molar-refractivity contribution is 0.0980. The number of ketones is 1. The second-order valence-electron chi connectivity index (χ2n) is 7.15. The second-order valence-corrected chi connectivity index (χ2v) is 8.27. The molecule has 2 rings (SSSR count). The van der Waals surface area contributed by atoms with Gasteiger partial charge in [0, 0.05) is 23.9 Å². The quantitative estimate of drug-likeness (QED) is 0.642. The average molecular weight is 338 g/mol. The molecule has 1 saturated carbocycles. The summed E-state index contributed by atoms with van der Waals surface area (Å²) in [5.41, 5.74) is 6.17. The van der Waals surface area contributed by atoms with Gasteiger partial charge in [-0.05, 0) is 36.8 Å². The third kappa shape index (κ3) is 6.02. The van der Waals surface area contributed by atoms with Gasteiger partial charge in [-0.25, -0.2) is 0 Å². The molecule has 0 spiro atoms. The minimum Gasteiger partial charge on any atom is -0.396 e. The number of Topliss-reactive ketones (excluding diaryl/α,β-unsaturated/α-hetero) is 1. The van der Waals surface area contributed by atoms with Gasteiger partial charge in [-0.15, -0.1) is 11.3 Å². The van der Waals surface area contributed by atoms with Crippen LogP contribution in [0.2, 0.25) is 0 Å². The van der Waals surface area contributed by atoms with Gasteiger partial charge >= 0.3 is 0 Å². The molecule has 0 radical (unpaired) electrons. The van der Waals surface area contributed by atoms with Crippen molar-refractivity contribution in [3.05, 3.63) is 21.9 Å². The van der Waals surface area contributed by atoms with Gasteiger partial charge in [-0.2, -0.15) is 0 Å². The van der Waals surface area contributed by atoms with Crippen LogP contribution in [0.3, 0.4) is 0 Å². The minimum atomic E-state index is -0.0778. The first kappa shape index (κ1) is 18.6. The maximum Gasteiger partial charge on any atom is 0.172 e. The minimum absolute atomic E-state index is 0.0778. The highest BCUT2D eigenvalue weighted by Crippen LogP contribution is 2.30. The Labute approximate surface area is 144 Å². The van der Waals surface area contributed by atoms with E-state index >= 15 is 0 Å². The Morgan fingerprint density at radius 3 is 2.78 bits per heavy atom. The molecule has 1 heterocycles. The summed E-state index contributed by atoms with van der Waals surface area (Å²) in [5, 5.41) is 9.12. The summed E-state index contributed by atoms with van der Waals surface area (Å²) >= 11 is 1.53. The van der Waals surface area contributed by atoms with Gasteiger partial charge in [0.15, 0.2) is 5.78 Å². The number of hydrogen-bond donors (Lipinski definition) is 2. The van der Waals surface area contributed by atoms with Gasteiger partial charge in [0.05, 0.1) is 4.88 Å². The first-order valence-electron chi connectivity index (χ1n) is 9.09. The molecule has 3 N–H and O–H groups in total. The first-order valence-corrected chi connectivity index (χ1v) is 9.91. The molecule has 2 atom stereocenters. The fourth-order valence-corrected chi connectivity index (χ4v) is 4.47. The fourth-order valence-electron chi connectivity index (χ4n) is 3.48. The molecule has 130 valence electrons. The average Bonchev–Trinajstić information content (AvgIpc) is 3.06. The number of carbonyl (C=O) groups is 1. The molecule has 0 aliphatic heterocycles. The number of hydrogen-bond acceptors (Lipinski definition) is 4. The number of aliphatic hydroxyl groups excluding tert-OH is 1. The summed E-state index contributed by atoms with van der Waals surface area (Å²) in [4.78, 5) is 14.2. The van der Waals surface area contributed by atoms with E-state index in [-0.39, 0.29) is 24.3 Å². The number of aliphatic hydroxyl groups is 1. The summed E-state index contributed by atoms with van der Waals surface area (Å²) in [6.45, 7) is 2.15. The lowest BCUT2D eigenvalue weighted by Crippen LogP contribution is -2.14. The third-order valence-corrected chi connectivity index (χ3v) is 6.23. The zero-order valence-corrected chi connectivity index (χ0v) is 15.1. The van der Waals surface area contributed by atoms with Crippen molar-refractivity contribution in [3.8, 4) is 0 Å². The predicted molar refractivity (Wildman–Crippen MR) is 96.9 cm³/mol. The van der Waals surface area contributed by atoms with Gasteiger partial charge < -0.3 is 10.8 Å². The van der Waals surface area contributed by atoms with Crippen LogP contribution < -0.4 is 5.73 Å². The van der Waals surface area contributed by atoms with Crippen molar-refractivity contribution in [1.82, 2.24) is 0 Å². The maximum atomic E-state index is 12.3. The van der Waals surface area contributed by atoms with E-state index in [9.17, 15) is 4.79 Å². The molecule has 1 unspecified atom stereocenters. The van der Waals surface area contributed by atoms with Crippen LogP contribution in [-0.4, -0.2) is 17.5 Å². The van der Waals surface area contributed by atoms with Crippen LogP contribution >= 0.6 is 11.3 Å². The predicted octanol–water partition coefficient (Wildman–Crippen LogP) is 4.70. The summed E-state index contributed by atoms with van der Waals surface area (Å²) in [5.74, 6) is 1.31. The summed E-state index contributed by atoms with van der Waals surface area (Å²) in [6.07, 6.45) is 10.5. The van der Waals surface area contributed by atoms with Crippen molar-refractivity contribution >= 4 is 17.1 Å². The monoisotopic (exact) mass is 337 g/mol. The Balaban J connectivity index is 1.76. The summed E-state index contributed by atoms with van der Waals surface area (Å²) in [6, 6.07) is 3.83. The van der Waals surface area contributed by atoms with E-state index in [0.29, 0.717) is 6.42 Å². The molecule has 0 saturated heterocycles. The molecule has 1 aliphatic rings. The van der Waals surface area contributed by atoms with Crippen molar-refractivity contribution < 1.29 is 9.90 Å². The molecular weight excluding hydrogens is 306 g/mol. The molecule has 1 aromatic rings. The Bertz CT molecular complexity index is 479. The zero-order chi connectivity index (χ0) is 16.7. The molecule has 0 bridgehead atoms. The van der Waals surface area contributed by atoms with E-state index < -0.39 is 0 Å². The van der Waals surface area contributed by atoms with E-state index in [0.717, 1.165) is 28.5 Å². The topological polar surface area (TPSA) is 63.3 Å². The molecule has 1 aromatic heterocycles. The smallest absolute Gasteiger partial charge is 0.172 e. The molecule has 0 amide bonds. The number of nitrogens with two attached hydrogens (primary N) is 1. The van der Waals surface area contributed by atoms with Gasteiger partial charge in [-0.1, -0.05) is 45.4 Å². The van der Waals surface area contributed by atoms with Crippen LogP contribution in [0.4, 0.5) is 0 Å².